The summed E-state index contributed by atoms with van der Waals surface area (Å²) < 4.78 is 0. The van der Waals surface area contributed by atoms with Gasteiger partial charge in [-0.05, 0) is 43.1 Å². The number of hydrogen-bond acceptors (Lipinski definition) is 1. The lowest BCUT2D eigenvalue weighted by Crippen LogP contribution is -2.38. The number of guanidine groups is 1. The quantitative estimate of drug-likeness (QED) is 0.629. The summed E-state index contributed by atoms with van der Waals surface area (Å²) in [5, 5.41) is 3.27. The first-order valence-electron chi connectivity index (χ1n) is 7.36. The Bertz CT molecular complexity index is 444. The number of aliphatic imine (C=N–C) groups is 1. The summed E-state index contributed by atoms with van der Waals surface area (Å²) in [5.41, 5.74) is 7.71. The molecule has 0 amide bonds. The maximum absolute atomic E-state index is 5.93. The highest BCUT2D eigenvalue weighted by atomic mass is 15.1. The van der Waals surface area contributed by atoms with Gasteiger partial charge in [-0.3, -0.25) is 4.99 Å². The summed E-state index contributed by atoms with van der Waals surface area (Å²) in [5.74, 6) is 0.641. The molecule has 0 atom stereocenters. The van der Waals surface area contributed by atoms with Crippen molar-refractivity contribution in [3.05, 3.63) is 35.9 Å². The lowest BCUT2D eigenvalue weighted by atomic mass is 9.65. The Hall–Kier alpha value is -1.51. The first-order valence-corrected chi connectivity index (χ1v) is 7.36. The van der Waals surface area contributed by atoms with E-state index in [1.807, 2.05) is 0 Å². The summed E-state index contributed by atoms with van der Waals surface area (Å²) in [4.78, 5) is 4.58. The van der Waals surface area contributed by atoms with Crippen molar-refractivity contribution in [1.29, 1.82) is 0 Å². The Morgan fingerprint density at radius 2 is 2.00 bits per heavy atom. The van der Waals surface area contributed by atoms with Crippen molar-refractivity contribution in [3.8, 4) is 0 Å². The number of nitrogens with two attached hydrogens (primary N) is 1. The van der Waals surface area contributed by atoms with Gasteiger partial charge in [-0.25, -0.2) is 0 Å². The van der Waals surface area contributed by atoms with E-state index in [1.54, 1.807) is 0 Å². The summed E-state index contributed by atoms with van der Waals surface area (Å²) in [6, 6.07) is 11.3. The smallest absolute Gasteiger partial charge is 0.188 e. The molecule has 3 N–H and O–H groups in total. The molecular formula is C16H23N3. The monoisotopic (exact) mass is 257 g/mol. The second-order valence-electron chi connectivity index (χ2n) is 6.14. The normalized spacial score (nSPS) is 21.8. The molecule has 2 aliphatic carbocycles. The van der Waals surface area contributed by atoms with Gasteiger partial charge in [0.05, 0.1) is 0 Å². The second-order valence-corrected chi connectivity index (χ2v) is 6.14. The minimum absolute atomic E-state index is 0.358. The molecule has 3 rings (SSSR count). The van der Waals surface area contributed by atoms with Crippen molar-refractivity contribution in [2.45, 2.75) is 44.6 Å². The van der Waals surface area contributed by atoms with Crippen LogP contribution in [-0.4, -0.2) is 18.5 Å². The maximum Gasteiger partial charge on any atom is 0.188 e. The van der Waals surface area contributed by atoms with E-state index in [0.29, 0.717) is 17.4 Å². The van der Waals surface area contributed by atoms with Gasteiger partial charge < -0.3 is 11.1 Å². The molecule has 1 aromatic carbocycles. The Morgan fingerprint density at radius 3 is 2.58 bits per heavy atom. The van der Waals surface area contributed by atoms with E-state index in [0.717, 1.165) is 13.0 Å². The average Bonchev–Trinajstić information content (AvgIpc) is 3.17. The third-order valence-corrected chi connectivity index (χ3v) is 4.35. The third-order valence-electron chi connectivity index (χ3n) is 4.35. The SMILES string of the molecule is NC(=NCC1(Cc2ccccc2)CCC1)NC1CC1. The lowest BCUT2D eigenvalue weighted by Gasteiger charge is -2.41. The van der Waals surface area contributed by atoms with Crippen LogP contribution in [0.3, 0.4) is 0 Å². The fourth-order valence-corrected chi connectivity index (χ4v) is 2.83. The zero-order chi connectivity index (χ0) is 13.1. The second kappa shape index (κ2) is 5.24. The van der Waals surface area contributed by atoms with Crippen LogP contribution in [0.5, 0.6) is 0 Å². The largest absolute Gasteiger partial charge is 0.370 e. The van der Waals surface area contributed by atoms with Crippen LogP contribution in [-0.2, 0) is 6.42 Å². The molecule has 3 nitrogen and oxygen atoms in total. The number of benzene rings is 1. The Morgan fingerprint density at radius 1 is 1.26 bits per heavy atom. The topological polar surface area (TPSA) is 50.4 Å². The van der Waals surface area contributed by atoms with Crippen molar-refractivity contribution in [2.24, 2.45) is 16.1 Å². The van der Waals surface area contributed by atoms with Gasteiger partial charge in [0, 0.05) is 12.6 Å². The Labute approximate surface area is 115 Å². The fourth-order valence-electron chi connectivity index (χ4n) is 2.83. The van der Waals surface area contributed by atoms with Gasteiger partial charge in [0.1, 0.15) is 0 Å². The molecule has 2 fully saturated rings. The van der Waals surface area contributed by atoms with Crippen LogP contribution in [0.2, 0.25) is 0 Å². The number of hydrogen-bond donors (Lipinski definition) is 2. The van der Waals surface area contributed by atoms with Crippen LogP contribution in [0.25, 0.3) is 0 Å². The molecule has 2 aliphatic rings. The molecule has 1 aromatic rings. The van der Waals surface area contributed by atoms with Crippen LogP contribution < -0.4 is 11.1 Å². The number of nitrogens with zero attached hydrogens (tertiary/aromatic N) is 1. The van der Waals surface area contributed by atoms with Crippen LogP contribution in [0.1, 0.15) is 37.7 Å². The fraction of sp³-hybridized carbons (Fsp3) is 0.562. The molecule has 0 aromatic heterocycles. The third kappa shape index (κ3) is 3.28. The van der Waals surface area contributed by atoms with Crippen LogP contribution in [0, 0.1) is 5.41 Å². The highest BCUT2D eigenvalue weighted by Gasteiger charge is 2.36. The van der Waals surface area contributed by atoms with Gasteiger partial charge in [-0.1, -0.05) is 36.8 Å². The molecular weight excluding hydrogens is 234 g/mol. The molecule has 0 unspecified atom stereocenters. The van der Waals surface area contributed by atoms with E-state index in [4.69, 9.17) is 5.73 Å². The van der Waals surface area contributed by atoms with Gasteiger partial charge in [0.25, 0.3) is 0 Å². The number of rotatable bonds is 5. The van der Waals surface area contributed by atoms with E-state index >= 15 is 0 Å². The van der Waals surface area contributed by atoms with Crippen molar-refractivity contribution in [2.75, 3.05) is 6.54 Å². The first-order chi connectivity index (χ1) is 9.26. The molecule has 0 radical (unpaired) electrons. The highest BCUT2D eigenvalue weighted by molar-refractivity contribution is 5.78. The zero-order valence-electron chi connectivity index (χ0n) is 11.4. The first kappa shape index (κ1) is 12.5. The Kier molecular flexibility index (Phi) is 3.45. The highest BCUT2D eigenvalue weighted by Crippen LogP contribution is 2.44. The summed E-state index contributed by atoms with van der Waals surface area (Å²) >= 11 is 0. The van der Waals surface area contributed by atoms with Gasteiger partial charge in [-0.15, -0.1) is 0 Å². The minimum Gasteiger partial charge on any atom is -0.370 e. The van der Waals surface area contributed by atoms with Crippen LogP contribution in [0.15, 0.2) is 35.3 Å². The summed E-state index contributed by atoms with van der Waals surface area (Å²) in [6.45, 7) is 0.868. The van der Waals surface area contributed by atoms with Crippen LogP contribution in [0.4, 0.5) is 0 Å². The van der Waals surface area contributed by atoms with Gasteiger partial charge >= 0.3 is 0 Å². The van der Waals surface area contributed by atoms with Crippen molar-refractivity contribution in [1.82, 2.24) is 5.32 Å². The van der Waals surface area contributed by atoms with E-state index < -0.39 is 0 Å². The van der Waals surface area contributed by atoms with E-state index in [1.165, 1.54) is 37.7 Å². The maximum atomic E-state index is 5.93. The molecule has 0 bridgehead atoms. The lowest BCUT2D eigenvalue weighted by molar-refractivity contribution is 0.145. The van der Waals surface area contributed by atoms with E-state index in [9.17, 15) is 0 Å². The molecule has 3 heteroatoms. The Balaban J connectivity index is 1.59. The van der Waals surface area contributed by atoms with E-state index in [2.05, 4.69) is 40.6 Å². The van der Waals surface area contributed by atoms with Crippen molar-refractivity contribution in [3.63, 3.8) is 0 Å². The van der Waals surface area contributed by atoms with E-state index in [-0.39, 0.29) is 0 Å². The van der Waals surface area contributed by atoms with Crippen LogP contribution >= 0.6 is 0 Å². The molecule has 0 spiro atoms. The summed E-state index contributed by atoms with van der Waals surface area (Å²) in [7, 11) is 0. The molecule has 0 heterocycles. The molecule has 0 saturated heterocycles. The average molecular weight is 257 g/mol. The molecule has 19 heavy (non-hydrogen) atoms. The standard InChI is InChI=1S/C16H23N3/c17-15(19-14-7-8-14)18-12-16(9-4-10-16)11-13-5-2-1-3-6-13/h1-3,5-6,14H,4,7-12H2,(H3,17,18,19). The predicted molar refractivity (Wildman–Crippen MR) is 79.1 cm³/mol. The predicted octanol–water partition coefficient (Wildman–Crippen LogP) is 2.47. The molecule has 2 saturated carbocycles. The van der Waals surface area contributed by atoms with Gasteiger partial charge in [-0.2, -0.15) is 0 Å². The van der Waals surface area contributed by atoms with Crippen molar-refractivity contribution < 1.29 is 0 Å². The van der Waals surface area contributed by atoms with Gasteiger partial charge in [0.2, 0.25) is 0 Å². The molecule has 0 aliphatic heterocycles. The zero-order valence-corrected chi connectivity index (χ0v) is 11.4. The summed E-state index contributed by atoms with van der Waals surface area (Å²) in [6.07, 6.45) is 7.51. The minimum atomic E-state index is 0.358. The van der Waals surface area contributed by atoms with Crippen molar-refractivity contribution >= 4 is 5.96 Å². The van der Waals surface area contributed by atoms with Gasteiger partial charge in [0.15, 0.2) is 5.96 Å². The molecule has 102 valence electrons. The number of nitrogens with one attached hydrogen (secondary N) is 1.